The van der Waals surface area contributed by atoms with Crippen LogP contribution in [0.2, 0.25) is 0 Å². The molecule has 0 aromatic heterocycles. The van der Waals surface area contributed by atoms with E-state index in [0.717, 1.165) is 19.6 Å². The molecule has 0 aromatic rings. The van der Waals surface area contributed by atoms with Crippen LogP contribution in [0.25, 0.3) is 0 Å². The molecule has 0 saturated carbocycles. The molecule has 0 atom stereocenters. The molecule has 0 saturated heterocycles. The number of rotatable bonds is 1. The van der Waals surface area contributed by atoms with Crippen molar-refractivity contribution in [2.45, 2.75) is 19.8 Å². The Kier molecular flexibility index (Phi) is 4.08. The van der Waals surface area contributed by atoms with E-state index in [-0.39, 0.29) is 0 Å². The van der Waals surface area contributed by atoms with Crippen LogP contribution >= 0.6 is 0 Å². The van der Waals surface area contributed by atoms with Crippen LogP contribution in [0, 0.1) is 0 Å². The molecule has 0 radical (unpaired) electrons. The molecule has 1 rings (SSSR count). The molecule has 0 unspecified atom stereocenters. The molecule has 0 amide bonds. The maximum Gasteiger partial charge on any atom is 0.0385 e. The van der Waals surface area contributed by atoms with Crippen molar-refractivity contribution in [3.05, 3.63) is 0 Å². The molecule has 1 heterocycles. The van der Waals surface area contributed by atoms with Gasteiger partial charge < -0.3 is 5.01 Å². The zero-order valence-corrected chi connectivity index (χ0v) is 8.16. The molecule has 0 N–H and O–H groups in total. The third-order valence-corrected chi connectivity index (χ3v) is 2.27. The van der Waals surface area contributed by atoms with Crippen molar-refractivity contribution in [2.24, 2.45) is 5.10 Å². The Labute approximate surface area is 75.0 Å². The second-order valence-corrected chi connectivity index (χ2v) is 3.28. The lowest BCUT2D eigenvalue weighted by molar-refractivity contribution is 0.312. The molecule has 12 heavy (non-hydrogen) atoms. The lowest BCUT2D eigenvalue weighted by Gasteiger charge is -2.16. The first-order valence-corrected chi connectivity index (χ1v) is 4.79. The standard InChI is InChI=1S/C9H19N3/c1-3-12-8-5-4-7-11(2)10-6-9-12/h6H,3-5,7-9H2,1-2H3/b10-6-. The van der Waals surface area contributed by atoms with Gasteiger partial charge in [-0.15, -0.1) is 0 Å². The van der Waals surface area contributed by atoms with Gasteiger partial charge in [0.25, 0.3) is 0 Å². The van der Waals surface area contributed by atoms with Crippen molar-refractivity contribution >= 4 is 6.21 Å². The largest absolute Gasteiger partial charge is 0.300 e. The van der Waals surface area contributed by atoms with E-state index in [2.05, 4.69) is 16.9 Å². The normalized spacial score (nSPS) is 24.3. The van der Waals surface area contributed by atoms with Crippen molar-refractivity contribution in [1.29, 1.82) is 0 Å². The second-order valence-electron chi connectivity index (χ2n) is 3.28. The average Bonchev–Trinajstić information content (AvgIpc) is 2.17. The Bertz CT molecular complexity index is 145. The maximum absolute atomic E-state index is 4.31. The fourth-order valence-corrected chi connectivity index (χ4v) is 1.40. The summed E-state index contributed by atoms with van der Waals surface area (Å²) in [7, 11) is 2.04. The molecular formula is C9H19N3. The van der Waals surface area contributed by atoms with Crippen LogP contribution < -0.4 is 0 Å². The summed E-state index contributed by atoms with van der Waals surface area (Å²) in [6, 6.07) is 0. The Hall–Kier alpha value is -0.570. The quantitative estimate of drug-likeness (QED) is 0.583. The van der Waals surface area contributed by atoms with E-state index >= 15 is 0 Å². The smallest absolute Gasteiger partial charge is 0.0385 e. The molecule has 70 valence electrons. The molecule has 0 bridgehead atoms. The average molecular weight is 169 g/mol. The zero-order chi connectivity index (χ0) is 8.81. The van der Waals surface area contributed by atoms with E-state index in [9.17, 15) is 0 Å². The van der Waals surface area contributed by atoms with E-state index in [1.165, 1.54) is 19.4 Å². The van der Waals surface area contributed by atoms with E-state index in [0.29, 0.717) is 0 Å². The van der Waals surface area contributed by atoms with Gasteiger partial charge in [0, 0.05) is 26.4 Å². The second kappa shape index (κ2) is 5.14. The summed E-state index contributed by atoms with van der Waals surface area (Å²) in [6.07, 6.45) is 4.56. The number of hydrazone groups is 1. The molecular weight excluding hydrogens is 150 g/mol. The number of nitrogens with zero attached hydrogens (tertiary/aromatic N) is 3. The first kappa shape index (κ1) is 9.52. The molecule has 3 nitrogen and oxygen atoms in total. The maximum atomic E-state index is 4.31. The van der Waals surface area contributed by atoms with Gasteiger partial charge in [0.2, 0.25) is 0 Å². The summed E-state index contributed by atoms with van der Waals surface area (Å²) in [5.74, 6) is 0. The first-order chi connectivity index (χ1) is 5.83. The number of hydrogen-bond donors (Lipinski definition) is 0. The van der Waals surface area contributed by atoms with Gasteiger partial charge in [0.1, 0.15) is 0 Å². The fraction of sp³-hybridized carbons (Fsp3) is 0.889. The van der Waals surface area contributed by atoms with E-state index < -0.39 is 0 Å². The Morgan fingerprint density at radius 3 is 2.83 bits per heavy atom. The highest BCUT2D eigenvalue weighted by Gasteiger charge is 2.02. The van der Waals surface area contributed by atoms with Gasteiger partial charge in [-0.05, 0) is 25.9 Å². The Balaban J connectivity index is 2.39. The van der Waals surface area contributed by atoms with Crippen LogP contribution in [0.3, 0.4) is 0 Å². The molecule has 0 fully saturated rings. The van der Waals surface area contributed by atoms with Crippen LogP contribution in [-0.4, -0.2) is 49.4 Å². The van der Waals surface area contributed by atoms with Crippen molar-refractivity contribution in [3.8, 4) is 0 Å². The van der Waals surface area contributed by atoms with Crippen molar-refractivity contribution < 1.29 is 0 Å². The summed E-state index contributed by atoms with van der Waals surface area (Å²) >= 11 is 0. The van der Waals surface area contributed by atoms with E-state index in [4.69, 9.17) is 0 Å². The van der Waals surface area contributed by atoms with E-state index in [1.54, 1.807) is 0 Å². The van der Waals surface area contributed by atoms with Crippen molar-refractivity contribution in [2.75, 3.05) is 33.2 Å². The van der Waals surface area contributed by atoms with Crippen molar-refractivity contribution in [3.63, 3.8) is 0 Å². The molecule has 1 aliphatic rings. The summed E-state index contributed by atoms with van der Waals surface area (Å²) in [5.41, 5.74) is 0. The van der Waals surface area contributed by atoms with Gasteiger partial charge in [0.05, 0.1) is 0 Å². The van der Waals surface area contributed by atoms with Crippen LogP contribution in [-0.2, 0) is 0 Å². The summed E-state index contributed by atoms with van der Waals surface area (Å²) in [4.78, 5) is 2.42. The lowest BCUT2D eigenvalue weighted by Crippen LogP contribution is -2.26. The van der Waals surface area contributed by atoms with Crippen LogP contribution in [0.15, 0.2) is 5.10 Å². The van der Waals surface area contributed by atoms with Gasteiger partial charge in [-0.25, -0.2) is 0 Å². The summed E-state index contributed by atoms with van der Waals surface area (Å²) in [6.45, 7) is 6.65. The highest BCUT2D eigenvalue weighted by molar-refractivity contribution is 5.59. The molecule has 1 aliphatic heterocycles. The fourth-order valence-electron chi connectivity index (χ4n) is 1.40. The van der Waals surface area contributed by atoms with Crippen LogP contribution in [0.5, 0.6) is 0 Å². The van der Waals surface area contributed by atoms with Gasteiger partial charge in [-0.2, -0.15) is 5.10 Å². The van der Waals surface area contributed by atoms with Crippen LogP contribution in [0.4, 0.5) is 0 Å². The minimum atomic E-state index is 1.00. The predicted molar refractivity (Wildman–Crippen MR) is 52.5 cm³/mol. The minimum absolute atomic E-state index is 1.00. The lowest BCUT2D eigenvalue weighted by atomic mass is 10.3. The minimum Gasteiger partial charge on any atom is -0.300 e. The SMILES string of the molecule is CCN1C/C=N\N(C)CCCC1. The van der Waals surface area contributed by atoms with Crippen molar-refractivity contribution in [1.82, 2.24) is 9.91 Å². The Morgan fingerprint density at radius 2 is 2.08 bits per heavy atom. The highest BCUT2D eigenvalue weighted by atomic mass is 15.4. The predicted octanol–water partition coefficient (Wildman–Crippen LogP) is 1.02. The molecule has 0 aliphatic carbocycles. The van der Waals surface area contributed by atoms with Crippen LogP contribution in [0.1, 0.15) is 19.8 Å². The molecule has 3 heteroatoms. The monoisotopic (exact) mass is 169 g/mol. The third-order valence-electron chi connectivity index (χ3n) is 2.27. The molecule has 0 aromatic carbocycles. The summed E-state index contributed by atoms with van der Waals surface area (Å²) < 4.78 is 0. The van der Waals surface area contributed by atoms with E-state index in [1.807, 2.05) is 18.3 Å². The van der Waals surface area contributed by atoms with Gasteiger partial charge in [-0.3, -0.25) is 4.90 Å². The molecule has 0 spiro atoms. The summed E-state index contributed by atoms with van der Waals surface area (Å²) in [5, 5.41) is 6.34. The third kappa shape index (κ3) is 3.22. The zero-order valence-electron chi connectivity index (χ0n) is 8.16. The first-order valence-electron chi connectivity index (χ1n) is 4.79. The van der Waals surface area contributed by atoms with Gasteiger partial charge >= 0.3 is 0 Å². The van der Waals surface area contributed by atoms with Gasteiger partial charge in [0.15, 0.2) is 0 Å². The highest BCUT2D eigenvalue weighted by Crippen LogP contribution is 1.99. The number of hydrogen-bond acceptors (Lipinski definition) is 3. The van der Waals surface area contributed by atoms with Gasteiger partial charge in [-0.1, -0.05) is 6.92 Å². The topological polar surface area (TPSA) is 18.8 Å². The Morgan fingerprint density at radius 1 is 1.33 bits per heavy atom.